The van der Waals surface area contributed by atoms with Gasteiger partial charge in [0.2, 0.25) is 0 Å². The molecule has 2 nitrogen and oxygen atoms in total. The van der Waals surface area contributed by atoms with Crippen molar-refractivity contribution in [3.8, 4) is 0 Å². The fraction of sp³-hybridized carbons (Fsp3) is 0.444. The molecular formula is C18H23NO. The third kappa shape index (κ3) is 2.87. The Balaban J connectivity index is 1.91. The van der Waals surface area contributed by atoms with E-state index in [1.54, 1.807) is 0 Å². The highest BCUT2D eigenvalue weighted by Crippen LogP contribution is 2.30. The van der Waals surface area contributed by atoms with Crippen LogP contribution in [0.1, 0.15) is 31.4 Å². The molecule has 0 aliphatic carbocycles. The molecule has 2 atom stereocenters. The van der Waals surface area contributed by atoms with Crippen LogP contribution in [-0.2, 0) is 4.74 Å². The fourth-order valence-corrected chi connectivity index (χ4v) is 3.21. The van der Waals surface area contributed by atoms with E-state index in [1.807, 2.05) is 0 Å². The van der Waals surface area contributed by atoms with Gasteiger partial charge in [0.05, 0.1) is 6.61 Å². The normalized spacial score (nSPS) is 20.9. The van der Waals surface area contributed by atoms with E-state index in [1.165, 1.54) is 29.2 Å². The largest absolute Gasteiger partial charge is 0.381 e. The average molecular weight is 269 g/mol. The van der Waals surface area contributed by atoms with Gasteiger partial charge in [0, 0.05) is 18.6 Å². The molecule has 3 rings (SSSR count). The summed E-state index contributed by atoms with van der Waals surface area (Å²) in [5, 5.41) is 6.29. The smallest absolute Gasteiger partial charge is 0.0512 e. The summed E-state index contributed by atoms with van der Waals surface area (Å²) in [6.45, 7) is 4.98. The molecule has 1 aliphatic heterocycles. The summed E-state index contributed by atoms with van der Waals surface area (Å²) in [6.07, 6.45) is 2.44. The van der Waals surface area contributed by atoms with Gasteiger partial charge in [-0.3, -0.25) is 0 Å². The van der Waals surface area contributed by atoms with Gasteiger partial charge in [-0.15, -0.1) is 0 Å². The number of ether oxygens (including phenoxy) is 1. The zero-order valence-electron chi connectivity index (χ0n) is 12.1. The molecule has 0 bridgehead atoms. The van der Waals surface area contributed by atoms with Crippen LogP contribution in [0.4, 0.5) is 0 Å². The lowest BCUT2D eigenvalue weighted by molar-refractivity contribution is 0.0393. The monoisotopic (exact) mass is 269 g/mol. The van der Waals surface area contributed by atoms with Crippen LogP contribution in [-0.4, -0.2) is 19.8 Å². The highest BCUT2D eigenvalue weighted by atomic mass is 16.5. The second kappa shape index (κ2) is 6.38. The maximum absolute atomic E-state index is 5.68. The zero-order valence-corrected chi connectivity index (χ0v) is 12.1. The van der Waals surface area contributed by atoms with E-state index >= 15 is 0 Å². The molecule has 1 saturated heterocycles. The predicted octanol–water partition coefficient (Wildman–Crippen LogP) is 3.92. The van der Waals surface area contributed by atoms with E-state index in [0.717, 1.165) is 19.8 Å². The van der Waals surface area contributed by atoms with E-state index < -0.39 is 0 Å². The molecule has 2 aromatic carbocycles. The van der Waals surface area contributed by atoms with Crippen molar-refractivity contribution in [2.75, 3.05) is 19.8 Å². The Morgan fingerprint density at radius 1 is 1.20 bits per heavy atom. The van der Waals surface area contributed by atoms with E-state index in [-0.39, 0.29) is 0 Å². The first-order valence-electron chi connectivity index (χ1n) is 7.68. The summed E-state index contributed by atoms with van der Waals surface area (Å²) >= 11 is 0. The maximum Gasteiger partial charge on any atom is 0.0512 e. The summed E-state index contributed by atoms with van der Waals surface area (Å²) in [5.41, 5.74) is 1.39. The molecule has 1 heterocycles. The lowest BCUT2D eigenvalue weighted by atomic mass is 9.88. The molecule has 0 aromatic heterocycles. The molecule has 0 saturated carbocycles. The highest BCUT2D eigenvalue weighted by molar-refractivity contribution is 5.83. The van der Waals surface area contributed by atoms with Gasteiger partial charge in [-0.1, -0.05) is 43.3 Å². The van der Waals surface area contributed by atoms with Crippen molar-refractivity contribution in [2.24, 2.45) is 5.92 Å². The van der Waals surface area contributed by atoms with Crippen molar-refractivity contribution in [1.82, 2.24) is 5.32 Å². The van der Waals surface area contributed by atoms with Gasteiger partial charge in [-0.2, -0.15) is 0 Å². The highest BCUT2D eigenvalue weighted by Gasteiger charge is 2.24. The van der Waals surface area contributed by atoms with Crippen molar-refractivity contribution in [3.05, 3.63) is 48.0 Å². The van der Waals surface area contributed by atoms with Gasteiger partial charge < -0.3 is 10.1 Å². The second-order valence-corrected chi connectivity index (χ2v) is 5.62. The Labute approximate surface area is 121 Å². The van der Waals surface area contributed by atoms with Gasteiger partial charge in [0.15, 0.2) is 0 Å². The summed E-state index contributed by atoms with van der Waals surface area (Å²) in [4.78, 5) is 0. The summed E-state index contributed by atoms with van der Waals surface area (Å²) in [7, 11) is 0. The molecule has 20 heavy (non-hydrogen) atoms. The van der Waals surface area contributed by atoms with E-state index in [0.29, 0.717) is 12.0 Å². The number of rotatable bonds is 4. The van der Waals surface area contributed by atoms with Crippen LogP contribution < -0.4 is 5.32 Å². The zero-order chi connectivity index (χ0) is 13.8. The van der Waals surface area contributed by atoms with Crippen molar-refractivity contribution >= 4 is 10.8 Å². The molecule has 1 N–H and O–H groups in total. The Morgan fingerprint density at radius 2 is 2.05 bits per heavy atom. The van der Waals surface area contributed by atoms with E-state index in [4.69, 9.17) is 4.74 Å². The van der Waals surface area contributed by atoms with Crippen molar-refractivity contribution < 1.29 is 4.74 Å². The molecule has 2 heteroatoms. The first-order valence-corrected chi connectivity index (χ1v) is 7.68. The van der Waals surface area contributed by atoms with Gasteiger partial charge in [0.1, 0.15) is 0 Å². The molecule has 106 valence electrons. The van der Waals surface area contributed by atoms with Crippen LogP contribution in [0.5, 0.6) is 0 Å². The Kier molecular flexibility index (Phi) is 4.34. The average Bonchev–Trinajstić information content (AvgIpc) is 2.53. The molecule has 2 aromatic rings. The van der Waals surface area contributed by atoms with E-state index in [2.05, 4.69) is 54.7 Å². The molecule has 1 fully saturated rings. The predicted molar refractivity (Wildman–Crippen MR) is 83.9 cm³/mol. The molecule has 0 amide bonds. The summed E-state index contributed by atoms with van der Waals surface area (Å²) in [5.74, 6) is 0.588. The topological polar surface area (TPSA) is 21.3 Å². The fourth-order valence-electron chi connectivity index (χ4n) is 3.21. The van der Waals surface area contributed by atoms with Crippen LogP contribution in [0.2, 0.25) is 0 Å². The molecule has 2 unspecified atom stereocenters. The number of fused-ring (bicyclic) bond motifs is 1. The minimum atomic E-state index is 0.407. The van der Waals surface area contributed by atoms with Crippen molar-refractivity contribution in [2.45, 2.75) is 25.8 Å². The number of benzene rings is 2. The van der Waals surface area contributed by atoms with Crippen molar-refractivity contribution in [1.29, 1.82) is 0 Å². The van der Waals surface area contributed by atoms with Crippen LogP contribution in [0, 0.1) is 5.92 Å². The Hall–Kier alpha value is -1.38. The first-order chi connectivity index (χ1) is 9.88. The van der Waals surface area contributed by atoms with Gasteiger partial charge >= 0.3 is 0 Å². The SMILES string of the molecule is CCNC(c1ccc2ccccc2c1)C1CCCOC1. The summed E-state index contributed by atoms with van der Waals surface area (Å²) < 4.78 is 5.68. The molecule has 0 radical (unpaired) electrons. The number of nitrogens with one attached hydrogen (secondary N) is 1. The second-order valence-electron chi connectivity index (χ2n) is 5.62. The van der Waals surface area contributed by atoms with Crippen LogP contribution >= 0.6 is 0 Å². The van der Waals surface area contributed by atoms with Crippen LogP contribution in [0.3, 0.4) is 0 Å². The maximum atomic E-state index is 5.68. The summed E-state index contributed by atoms with van der Waals surface area (Å²) in [6, 6.07) is 15.8. The lowest BCUT2D eigenvalue weighted by Crippen LogP contribution is -2.33. The minimum absolute atomic E-state index is 0.407. The first kappa shape index (κ1) is 13.6. The molecule has 0 spiro atoms. The van der Waals surface area contributed by atoms with Crippen LogP contribution in [0.25, 0.3) is 10.8 Å². The quantitative estimate of drug-likeness (QED) is 0.908. The number of hydrogen-bond acceptors (Lipinski definition) is 2. The number of hydrogen-bond donors (Lipinski definition) is 1. The lowest BCUT2D eigenvalue weighted by Gasteiger charge is -2.31. The standard InChI is InChI=1S/C18H23NO/c1-2-19-18(17-8-5-11-20-13-17)16-10-9-14-6-3-4-7-15(14)12-16/h3-4,6-7,9-10,12,17-19H,2,5,8,11,13H2,1H3. The van der Waals surface area contributed by atoms with Crippen molar-refractivity contribution in [3.63, 3.8) is 0 Å². The molecule has 1 aliphatic rings. The van der Waals surface area contributed by atoms with Gasteiger partial charge in [-0.05, 0) is 41.8 Å². The third-order valence-electron chi connectivity index (χ3n) is 4.22. The van der Waals surface area contributed by atoms with Crippen LogP contribution in [0.15, 0.2) is 42.5 Å². The molecular weight excluding hydrogens is 246 g/mol. The Morgan fingerprint density at radius 3 is 2.80 bits per heavy atom. The van der Waals surface area contributed by atoms with Gasteiger partial charge in [-0.25, -0.2) is 0 Å². The van der Waals surface area contributed by atoms with Gasteiger partial charge in [0.25, 0.3) is 0 Å². The Bertz CT molecular complexity index is 560. The third-order valence-corrected chi connectivity index (χ3v) is 4.22. The minimum Gasteiger partial charge on any atom is -0.381 e. The van der Waals surface area contributed by atoms with E-state index in [9.17, 15) is 0 Å².